The molecule has 0 fully saturated rings. The van der Waals surface area contributed by atoms with E-state index in [0.29, 0.717) is 13.0 Å². The van der Waals surface area contributed by atoms with Crippen LogP contribution < -0.4 is 11.1 Å². The lowest BCUT2D eigenvalue weighted by Crippen LogP contribution is -2.29. The molecular weight excluding hydrogens is 127 g/mol. The first-order chi connectivity index (χ1) is 3.77. The second-order valence-corrected chi connectivity index (χ2v) is 1.77. The average Bonchev–Trinajstić information content (AvgIpc) is 1.66. The van der Waals surface area contributed by atoms with E-state index in [-0.39, 0.29) is 11.8 Å². The second-order valence-electron chi connectivity index (χ2n) is 1.33. The molecular formula is C4H9FN2S. The van der Waals surface area contributed by atoms with Gasteiger partial charge in [0.15, 0.2) is 5.11 Å². The van der Waals surface area contributed by atoms with Crippen molar-refractivity contribution in [1.82, 2.24) is 5.32 Å². The SMILES string of the molecule is NC(=S)NCCCF. The summed E-state index contributed by atoms with van der Waals surface area (Å²) in [6.07, 6.45) is 0.470. The van der Waals surface area contributed by atoms with Gasteiger partial charge >= 0.3 is 0 Å². The van der Waals surface area contributed by atoms with E-state index in [1.807, 2.05) is 0 Å². The highest BCUT2D eigenvalue weighted by molar-refractivity contribution is 7.80. The summed E-state index contributed by atoms with van der Waals surface area (Å²) in [5.74, 6) is 0. The van der Waals surface area contributed by atoms with Crippen molar-refractivity contribution < 1.29 is 4.39 Å². The smallest absolute Gasteiger partial charge is 0.163 e. The van der Waals surface area contributed by atoms with E-state index in [1.165, 1.54) is 0 Å². The van der Waals surface area contributed by atoms with Crippen molar-refractivity contribution in [2.45, 2.75) is 6.42 Å². The van der Waals surface area contributed by atoms with E-state index < -0.39 is 0 Å². The van der Waals surface area contributed by atoms with Crippen LogP contribution in [0, 0.1) is 0 Å². The number of nitrogens with two attached hydrogens (primary N) is 1. The summed E-state index contributed by atoms with van der Waals surface area (Å²) in [7, 11) is 0. The van der Waals surface area contributed by atoms with Crippen LogP contribution in [0.3, 0.4) is 0 Å². The van der Waals surface area contributed by atoms with Crippen molar-refractivity contribution in [3.8, 4) is 0 Å². The summed E-state index contributed by atoms with van der Waals surface area (Å²) in [4.78, 5) is 0. The standard InChI is InChI=1S/C4H9FN2S/c5-2-1-3-7-4(6)8/h1-3H2,(H3,6,7,8). The second kappa shape index (κ2) is 4.77. The molecule has 0 aromatic carbocycles. The number of nitrogens with one attached hydrogen (secondary N) is 1. The molecule has 0 amide bonds. The Balaban J connectivity index is 2.82. The van der Waals surface area contributed by atoms with Crippen molar-refractivity contribution in [3.63, 3.8) is 0 Å². The Morgan fingerprint density at radius 3 is 2.75 bits per heavy atom. The summed E-state index contributed by atoms with van der Waals surface area (Å²) in [5, 5.41) is 2.85. The van der Waals surface area contributed by atoms with Crippen molar-refractivity contribution >= 4 is 17.3 Å². The van der Waals surface area contributed by atoms with Crippen molar-refractivity contribution in [3.05, 3.63) is 0 Å². The van der Waals surface area contributed by atoms with Crippen LogP contribution >= 0.6 is 12.2 Å². The van der Waals surface area contributed by atoms with E-state index in [0.717, 1.165) is 0 Å². The third-order valence-corrected chi connectivity index (χ3v) is 0.754. The van der Waals surface area contributed by atoms with Gasteiger partial charge in [0.05, 0.1) is 6.67 Å². The van der Waals surface area contributed by atoms with Crippen LogP contribution in [0.2, 0.25) is 0 Å². The molecule has 0 radical (unpaired) electrons. The van der Waals surface area contributed by atoms with Crippen LogP contribution in [0.5, 0.6) is 0 Å². The third kappa shape index (κ3) is 5.62. The molecule has 0 aliphatic heterocycles. The van der Waals surface area contributed by atoms with Gasteiger partial charge in [-0.05, 0) is 18.6 Å². The van der Waals surface area contributed by atoms with E-state index in [1.54, 1.807) is 0 Å². The molecule has 4 heteroatoms. The lowest BCUT2D eigenvalue weighted by molar-refractivity contribution is 0.471. The van der Waals surface area contributed by atoms with Gasteiger partial charge in [0.25, 0.3) is 0 Å². The predicted octanol–water partition coefficient (Wildman–Crippen LogP) is 0.179. The monoisotopic (exact) mass is 136 g/mol. The largest absolute Gasteiger partial charge is 0.376 e. The van der Waals surface area contributed by atoms with E-state index in [9.17, 15) is 4.39 Å². The average molecular weight is 136 g/mol. The van der Waals surface area contributed by atoms with Gasteiger partial charge in [-0.3, -0.25) is 4.39 Å². The number of hydrogen-bond donors (Lipinski definition) is 2. The molecule has 0 spiro atoms. The zero-order valence-electron chi connectivity index (χ0n) is 4.48. The molecule has 0 aliphatic carbocycles. The van der Waals surface area contributed by atoms with Crippen LogP contribution in [0.4, 0.5) is 4.39 Å². The van der Waals surface area contributed by atoms with E-state index in [4.69, 9.17) is 5.73 Å². The molecule has 0 aromatic rings. The number of rotatable bonds is 3. The maximum Gasteiger partial charge on any atom is 0.163 e. The first-order valence-corrected chi connectivity index (χ1v) is 2.77. The van der Waals surface area contributed by atoms with Crippen LogP contribution in [0.1, 0.15) is 6.42 Å². The molecule has 0 bridgehead atoms. The van der Waals surface area contributed by atoms with Gasteiger partial charge in [-0.1, -0.05) is 0 Å². The highest BCUT2D eigenvalue weighted by atomic mass is 32.1. The molecule has 0 saturated carbocycles. The zero-order valence-corrected chi connectivity index (χ0v) is 5.30. The lowest BCUT2D eigenvalue weighted by atomic mass is 10.5. The molecule has 0 heterocycles. The van der Waals surface area contributed by atoms with Gasteiger partial charge in [0, 0.05) is 6.54 Å². The molecule has 0 unspecified atom stereocenters. The highest BCUT2D eigenvalue weighted by Gasteiger charge is 1.84. The molecule has 2 nitrogen and oxygen atoms in total. The molecule has 0 aromatic heterocycles. The Morgan fingerprint density at radius 1 is 1.75 bits per heavy atom. The van der Waals surface area contributed by atoms with Gasteiger partial charge in [-0.15, -0.1) is 0 Å². The van der Waals surface area contributed by atoms with Crippen LogP contribution in [-0.2, 0) is 0 Å². The van der Waals surface area contributed by atoms with Crippen LogP contribution in [0.25, 0.3) is 0 Å². The third-order valence-electron chi connectivity index (χ3n) is 0.610. The minimum atomic E-state index is -0.324. The molecule has 0 saturated heterocycles. The Kier molecular flexibility index (Phi) is 4.54. The van der Waals surface area contributed by atoms with Crippen molar-refractivity contribution in [2.24, 2.45) is 5.73 Å². The number of hydrogen-bond acceptors (Lipinski definition) is 1. The van der Waals surface area contributed by atoms with Gasteiger partial charge in [0.2, 0.25) is 0 Å². The number of alkyl halides is 1. The maximum atomic E-state index is 11.3. The molecule has 48 valence electrons. The van der Waals surface area contributed by atoms with E-state index in [2.05, 4.69) is 17.5 Å². The van der Waals surface area contributed by atoms with Crippen LogP contribution in [0.15, 0.2) is 0 Å². The number of halogens is 1. The van der Waals surface area contributed by atoms with Crippen molar-refractivity contribution in [2.75, 3.05) is 13.2 Å². The summed E-state index contributed by atoms with van der Waals surface area (Å²) < 4.78 is 11.3. The van der Waals surface area contributed by atoms with Gasteiger partial charge in [-0.2, -0.15) is 0 Å². The summed E-state index contributed by atoms with van der Waals surface area (Å²) in [6, 6.07) is 0. The Hall–Kier alpha value is -0.380. The first-order valence-electron chi connectivity index (χ1n) is 2.36. The minimum absolute atomic E-state index is 0.235. The highest BCUT2D eigenvalue weighted by Crippen LogP contribution is 1.74. The Morgan fingerprint density at radius 2 is 2.38 bits per heavy atom. The Bertz CT molecular complexity index is 76.4. The lowest BCUT2D eigenvalue weighted by Gasteiger charge is -1.98. The van der Waals surface area contributed by atoms with Gasteiger partial charge in [-0.25, -0.2) is 0 Å². The first kappa shape index (κ1) is 7.62. The maximum absolute atomic E-state index is 11.3. The zero-order chi connectivity index (χ0) is 6.41. The summed E-state index contributed by atoms with van der Waals surface area (Å²) in [6.45, 7) is 0.210. The summed E-state index contributed by atoms with van der Waals surface area (Å²) in [5.41, 5.74) is 5.03. The fraction of sp³-hybridized carbons (Fsp3) is 0.750. The Labute approximate surface area is 53.2 Å². The topological polar surface area (TPSA) is 38.0 Å². The normalized spacial score (nSPS) is 8.62. The molecule has 0 rings (SSSR count). The molecule has 0 atom stereocenters. The molecule has 8 heavy (non-hydrogen) atoms. The van der Waals surface area contributed by atoms with Crippen LogP contribution in [-0.4, -0.2) is 18.3 Å². The quantitative estimate of drug-likeness (QED) is 0.429. The van der Waals surface area contributed by atoms with Gasteiger partial charge < -0.3 is 11.1 Å². The van der Waals surface area contributed by atoms with Gasteiger partial charge in [0.1, 0.15) is 0 Å². The molecule has 0 aliphatic rings. The fourth-order valence-electron chi connectivity index (χ4n) is 0.278. The summed E-state index contributed by atoms with van der Waals surface area (Å²) >= 11 is 4.45. The minimum Gasteiger partial charge on any atom is -0.376 e. The molecule has 3 N–H and O–H groups in total. The number of thiocarbonyl (C=S) groups is 1. The predicted molar refractivity (Wildman–Crippen MR) is 35.4 cm³/mol. The van der Waals surface area contributed by atoms with E-state index >= 15 is 0 Å². The van der Waals surface area contributed by atoms with Crippen molar-refractivity contribution in [1.29, 1.82) is 0 Å². The fourth-order valence-corrected chi connectivity index (χ4v) is 0.380.